The van der Waals surface area contributed by atoms with Crippen molar-refractivity contribution in [3.05, 3.63) is 69.5 Å². The van der Waals surface area contributed by atoms with E-state index in [1.54, 1.807) is 30.3 Å². The normalized spacial score (nSPS) is 18.1. The van der Waals surface area contributed by atoms with Gasteiger partial charge in [-0.2, -0.15) is 13.2 Å². The Hall–Kier alpha value is -3.95. The minimum absolute atomic E-state index is 0.101. The van der Waals surface area contributed by atoms with Crippen LogP contribution in [0.15, 0.2) is 42.5 Å². The Morgan fingerprint density at radius 1 is 1.06 bits per heavy atom. The van der Waals surface area contributed by atoms with Gasteiger partial charge in [-0.15, -0.1) is 0 Å². The van der Waals surface area contributed by atoms with Crippen LogP contribution in [0.25, 0.3) is 0 Å². The number of carboxylic acids is 1. The van der Waals surface area contributed by atoms with E-state index >= 15 is 0 Å². The summed E-state index contributed by atoms with van der Waals surface area (Å²) in [6.45, 7) is 2.16. The van der Waals surface area contributed by atoms with Crippen molar-refractivity contribution in [3.63, 3.8) is 0 Å². The number of hydrogen-bond acceptors (Lipinski definition) is 6. The van der Waals surface area contributed by atoms with Gasteiger partial charge in [0.2, 0.25) is 23.6 Å². The quantitative estimate of drug-likeness (QED) is 0.257. The molecule has 4 amide bonds. The molecule has 11 nitrogen and oxygen atoms in total. The minimum Gasteiger partial charge on any atom is -0.475 e. The summed E-state index contributed by atoms with van der Waals surface area (Å²) in [4.78, 5) is 65.8. The van der Waals surface area contributed by atoms with Crippen LogP contribution in [-0.2, 0) is 36.8 Å². The van der Waals surface area contributed by atoms with E-state index in [-0.39, 0.29) is 37.7 Å². The minimum atomic E-state index is -5.08. The molecule has 5 N–H and O–H groups in total. The summed E-state index contributed by atoms with van der Waals surface area (Å²) < 4.78 is 45.3. The van der Waals surface area contributed by atoms with Crippen molar-refractivity contribution < 1.29 is 46.6 Å². The van der Waals surface area contributed by atoms with Crippen molar-refractivity contribution in [1.29, 1.82) is 0 Å². The number of amides is 4. The van der Waals surface area contributed by atoms with Crippen LogP contribution in [0.4, 0.5) is 17.6 Å². The molecule has 49 heavy (non-hydrogen) atoms. The van der Waals surface area contributed by atoms with Gasteiger partial charge in [-0.05, 0) is 54.7 Å². The van der Waals surface area contributed by atoms with Gasteiger partial charge in [-0.25, -0.2) is 9.18 Å². The highest BCUT2D eigenvalue weighted by molar-refractivity contribution is 6.35. The van der Waals surface area contributed by atoms with Crippen molar-refractivity contribution in [1.82, 2.24) is 20.4 Å². The molecule has 1 saturated heterocycles. The summed E-state index contributed by atoms with van der Waals surface area (Å²) >= 11 is 12.4. The van der Waals surface area contributed by atoms with Crippen molar-refractivity contribution in [2.75, 3.05) is 20.1 Å². The number of alkyl halides is 3. The highest BCUT2D eigenvalue weighted by Crippen LogP contribution is 2.33. The zero-order chi connectivity index (χ0) is 36.7. The third kappa shape index (κ3) is 10.5. The van der Waals surface area contributed by atoms with Crippen LogP contribution in [0.3, 0.4) is 0 Å². The molecule has 0 aromatic heterocycles. The van der Waals surface area contributed by atoms with Crippen molar-refractivity contribution in [2.45, 2.75) is 75.3 Å². The van der Waals surface area contributed by atoms with Crippen LogP contribution in [0.2, 0.25) is 10.0 Å². The summed E-state index contributed by atoms with van der Waals surface area (Å²) in [6.07, 6.45) is -2.82. The van der Waals surface area contributed by atoms with Crippen molar-refractivity contribution >= 4 is 52.8 Å². The molecular weight excluding hydrogens is 697 g/mol. The molecule has 0 spiro atoms. The lowest BCUT2D eigenvalue weighted by molar-refractivity contribution is -0.192. The lowest BCUT2D eigenvalue weighted by atomic mass is 9.97. The van der Waals surface area contributed by atoms with E-state index in [9.17, 15) is 36.7 Å². The van der Waals surface area contributed by atoms with Gasteiger partial charge in [0.05, 0.1) is 5.54 Å². The van der Waals surface area contributed by atoms with Gasteiger partial charge in [0.25, 0.3) is 0 Å². The molecule has 3 unspecified atom stereocenters. The zero-order valence-corrected chi connectivity index (χ0v) is 28.2. The first-order chi connectivity index (χ1) is 22.9. The molecule has 2 aliphatic rings. The van der Waals surface area contributed by atoms with E-state index < -0.39 is 53.4 Å². The predicted molar refractivity (Wildman–Crippen MR) is 172 cm³/mol. The van der Waals surface area contributed by atoms with Gasteiger partial charge in [-0.3, -0.25) is 19.2 Å². The second-order valence-electron chi connectivity index (χ2n) is 11.8. The topological polar surface area (TPSA) is 162 Å². The fraction of sp³-hybridized carbons (Fsp3) is 0.469. The lowest BCUT2D eigenvalue weighted by Gasteiger charge is -2.44. The Morgan fingerprint density at radius 3 is 2.18 bits per heavy atom. The monoisotopic (exact) mass is 733 g/mol. The maximum Gasteiger partial charge on any atom is 0.490 e. The van der Waals surface area contributed by atoms with Gasteiger partial charge in [-0.1, -0.05) is 54.7 Å². The van der Waals surface area contributed by atoms with Crippen LogP contribution in [-0.4, -0.2) is 94.5 Å². The van der Waals surface area contributed by atoms with E-state index in [4.69, 9.17) is 38.8 Å². The van der Waals surface area contributed by atoms with Gasteiger partial charge in [0, 0.05) is 43.0 Å². The first-order valence-electron chi connectivity index (χ1n) is 15.3. The summed E-state index contributed by atoms with van der Waals surface area (Å²) in [6, 6.07) is 7.95. The number of likely N-dealkylation sites (N-methyl/N-ethyl adjacent to an activating group) is 1. The summed E-state index contributed by atoms with van der Waals surface area (Å²) in [7, 11) is 1.50. The number of nitrogens with one attached hydrogen (secondary N) is 2. The summed E-state index contributed by atoms with van der Waals surface area (Å²) in [5.74, 6) is -4.75. The van der Waals surface area contributed by atoms with Gasteiger partial charge >= 0.3 is 12.1 Å². The molecule has 2 aromatic rings. The molecule has 1 aliphatic carbocycles. The highest BCUT2D eigenvalue weighted by Gasteiger charge is 2.48. The predicted octanol–water partition coefficient (Wildman–Crippen LogP) is 3.48. The number of nitrogens with two attached hydrogens (primary N) is 1. The number of benzene rings is 2. The number of piperazine rings is 1. The number of hydrogen-bond donors (Lipinski definition) is 4. The standard InChI is InChI=1S/C30H36Cl2FN5O4.C2HF3O2/c1-3-4-24-28(41)38(25(26(39)35-2)16-19-7-8-20(31)17-22(19)32)14-13-37(24)27(40)23(36-29(42)30(34)11-12-30)15-18-5-9-21(33)10-6-18;3-2(4,5)1(6)7/h5-10,17,23-25H,3-4,11-16,34H2,1-2H3,(H,35,39)(H,36,42);(H,6,7). The van der Waals surface area contributed by atoms with Crippen LogP contribution < -0.4 is 16.4 Å². The first kappa shape index (κ1) is 39.5. The maximum absolute atomic E-state index is 14.0. The largest absolute Gasteiger partial charge is 0.490 e. The fourth-order valence-electron chi connectivity index (χ4n) is 5.26. The number of carbonyl (C=O) groups is 5. The molecule has 0 radical (unpaired) electrons. The number of carboxylic acid groups (broad SMARTS) is 1. The molecule has 2 aromatic carbocycles. The third-order valence-corrected chi connectivity index (χ3v) is 8.75. The van der Waals surface area contributed by atoms with Crippen LogP contribution in [0.5, 0.6) is 0 Å². The Kier molecular flexibility index (Phi) is 13.4. The second kappa shape index (κ2) is 16.6. The van der Waals surface area contributed by atoms with Gasteiger partial charge in [0.1, 0.15) is 23.9 Å². The van der Waals surface area contributed by atoms with E-state index in [0.29, 0.717) is 46.9 Å². The molecule has 1 aliphatic heterocycles. The molecular formula is C32H37Cl2F4N5O6. The molecule has 1 saturated carbocycles. The molecule has 3 atom stereocenters. The van der Waals surface area contributed by atoms with E-state index in [1.165, 1.54) is 29.0 Å². The molecule has 17 heteroatoms. The number of rotatable bonds is 11. The Labute approximate surface area is 290 Å². The average Bonchev–Trinajstić information content (AvgIpc) is 3.80. The number of nitrogens with zero attached hydrogens (tertiary/aromatic N) is 2. The van der Waals surface area contributed by atoms with Gasteiger partial charge < -0.3 is 31.3 Å². The van der Waals surface area contributed by atoms with Crippen molar-refractivity contribution in [3.8, 4) is 0 Å². The fourth-order valence-corrected chi connectivity index (χ4v) is 5.74. The van der Waals surface area contributed by atoms with Crippen molar-refractivity contribution in [2.24, 2.45) is 5.73 Å². The SMILES string of the molecule is CCCC1C(=O)N(C(Cc2ccc(Cl)cc2Cl)C(=O)NC)CCN1C(=O)C(Cc1ccc(F)cc1)NC(=O)C1(N)CC1.O=C(O)C(F)(F)F. The smallest absolute Gasteiger partial charge is 0.475 e. The zero-order valence-electron chi connectivity index (χ0n) is 26.7. The lowest BCUT2D eigenvalue weighted by Crippen LogP contribution is -2.66. The maximum atomic E-state index is 14.0. The summed E-state index contributed by atoms with van der Waals surface area (Å²) in [5.41, 5.74) is 6.39. The highest BCUT2D eigenvalue weighted by atomic mass is 35.5. The second-order valence-corrected chi connectivity index (χ2v) is 12.6. The van der Waals surface area contributed by atoms with E-state index in [2.05, 4.69) is 10.6 Å². The summed E-state index contributed by atoms with van der Waals surface area (Å²) in [5, 5.41) is 13.4. The van der Waals surface area contributed by atoms with Crippen LogP contribution in [0.1, 0.15) is 43.7 Å². The number of halogens is 6. The Bertz CT molecular complexity index is 1540. The van der Waals surface area contributed by atoms with Gasteiger partial charge in [0.15, 0.2) is 0 Å². The Balaban J connectivity index is 0.000000838. The molecule has 4 rings (SSSR count). The Morgan fingerprint density at radius 2 is 1.67 bits per heavy atom. The number of aliphatic carboxylic acids is 1. The molecule has 1 heterocycles. The molecule has 2 fully saturated rings. The van der Waals surface area contributed by atoms with E-state index in [0.717, 1.165) is 0 Å². The third-order valence-electron chi connectivity index (χ3n) is 8.16. The van der Waals surface area contributed by atoms with E-state index in [1.807, 2.05) is 6.92 Å². The number of carbonyl (C=O) groups excluding carboxylic acids is 4. The van der Waals surface area contributed by atoms with Crippen LogP contribution in [0, 0.1) is 5.82 Å². The van der Waals surface area contributed by atoms with Crippen LogP contribution >= 0.6 is 23.2 Å². The first-order valence-corrected chi connectivity index (χ1v) is 16.1. The molecule has 268 valence electrons. The average molecular weight is 735 g/mol. The molecule has 0 bridgehead atoms.